The van der Waals surface area contributed by atoms with Gasteiger partial charge in [-0.25, -0.2) is 0 Å². The summed E-state index contributed by atoms with van der Waals surface area (Å²) in [6.07, 6.45) is 7.53. The Bertz CT molecular complexity index is 553. The van der Waals surface area contributed by atoms with Crippen LogP contribution in [0.1, 0.15) is 38.6 Å². The van der Waals surface area contributed by atoms with Crippen LogP contribution in [0.25, 0.3) is 0 Å². The minimum absolute atomic E-state index is 0.0360. The fraction of sp³-hybridized carbons (Fsp3) is 0.706. The van der Waals surface area contributed by atoms with Crippen LogP contribution >= 0.6 is 0 Å². The highest BCUT2D eigenvalue weighted by atomic mass is 16.2. The number of piperidine rings is 1. The lowest BCUT2D eigenvalue weighted by molar-refractivity contribution is -0.136. The van der Waals surface area contributed by atoms with Crippen molar-refractivity contribution in [1.29, 1.82) is 0 Å². The summed E-state index contributed by atoms with van der Waals surface area (Å²) in [5, 5.41) is 10.4. The Hall–Kier alpha value is -1.89. The molecule has 1 aromatic rings. The van der Waals surface area contributed by atoms with Crippen molar-refractivity contribution in [1.82, 2.24) is 25.3 Å². The Morgan fingerprint density at radius 2 is 2.25 bits per heavy atom. The number of carbonyl (C=O) groups is 2. The van der Waals surface area contributed by atoms with Crippen LogP contribution in [0.2, 0.25) is 0 Å². The first-order valence-electron chi connectivity index (χ1n) is 8.94. The molecule has 0 spiro atoms. The molecule has 1 aromatic heterocycles. The molecule has 132 valence electrons. The number of amides is 2. The summed E-state index contributed by atoms with van der Waals surface area (Å²) >= 11 is 0. The quantitative estimate of drug-likeness (QED) is 0.825. The van der Waals surface area contributed by atoms with Crippen molar-refractivity contribution in [2.45, 2.75) is 44.7 Å². The largest absolute Gasteiger partial charge is 0.354 e. The maximum absolute atomic E-state index is 12.7. The number of hydrogen-bond acceptors (Lipinski definition) is 4. The average Bonchev–Trinajstić information content (AvgIpc) is 3.32. The van der Waals surface area contributed by atoms with Gasteiger partial charge in [-0.1, -0.05) is 0 Å². The maximum Gasteiger partial charge on any atom is 0.247 e. The summed E-state index contributed by atoms with van der Waals surface area (Å²) in [6.45, 7) is 4.96. The van der Waals surface area contributed by atoms with E-state index in [0.29, 0.717) is 19.0 Å². The van der Waals surface area contributed by atoms with Crippen LogP contribution in [0.3, 0.4) is 0 Å². The highest BCUT2D eigenvalue weighted by Crippen LogP contribution is 2.19. The van der Waals surface area contributed by atoms with Crippen LogP contribution in [0.4, 0.5) is 0 Å². The van der Waals surface area contributed by atoms with Crippen LogP contribution < -0.4 is 10.6 Å². The zero-order valence-corrected chi connectivity index (χ0v) is 14.3. The Morgan fingerprint density at radius 1 is 1.38 bits per heavy atom. The zero-order chi connectivity index (χ0) is 16.9. The van der Waals surface area contributed by atoms with Gasteiger partial charge in [-0.05, 0) is 51.1 Å². The van der Waals surface area contributed by atoms with E-state index in [9.17, 15) is 9.59 Å². The van der Waals surface area contributed by atoms with Crippen molar-refractivity contribution in [3.63, 3.8) is 0 Å². The van der Waals surface area contributed by atoms with Crippen LogP contribution in [-0.4, -0.2) is 58.7 Å². The second kappa shape index (κ2) is 7.79. The Kier molecular flexibility index (Phi) is 5.50. The standard InChI is InChI=1S/C17H27N5O2/c1-13(22-10-4-8-20-22)17(24)21-9-3-5-14(12-21)11-19-16(23)15-6-2-7-18-15/h4,8,10,13-15,18H,2-3,5-7,9,11-12H2,1H3,(H,19,23). The fourth-order valence-corrected chi connectivity index (χ4v) is 3.60. The van der Waals surface area contributed by atoms with Crippen LogP contribution in [-0.2, 0) is 9.59 Å². The molecular formula is C17H27N5O2. The van der Waals surface area contributed by atoms with E-state index in [1.54, 1.807) is 10.9 Å². The molecule has 7 heteroatoms. The summed E-state index contributed by atoms with van der Waals surface area (Å²) < 4.78 is 1.69. The van der Waals surface area contributed by atoms with Crippen molar-refractivity contribution < 1.29 is 9.59 Å². The minimum Gasteiger partial charge on any atom is -0.354 e. The molecule has 3 unspecified atom stereocenters. The first-order chi connectivity index (χ1) is 11.6. The fourth-order valence-electron chi connectivity index (χ4n) is 3.60. The summed E-state index contributed by atoms with van der Waals surface area (Å²) in [5.74, 6) is 0.533. The predicted octanol–water partition coefficient (Wildman–Crippen LogP) is 0.551. The van der Waals surface area contributed by atoms with Crippen LogP contribution in [0, 0.1) is 5.92 Å². The molecule has 0 aliphatic carbocycles. The van der Waals surface area contributed by atoms with Gasteiger partial charge in [0, 0.05) is 32.0 Å². The summed E-state index contributed by atoms with van der Waals surface area (Å²) in [4.78, 5) is 26.7. The van der Waals surface area contributed by atoms with Crippen molar-refractivity contribution in [3.05, 3.63) is 18.5 Å². The van der Waals surface area contributed by atoms with E-state index in [2.05, 4.69) is 15.7 Å². The smallest absolute Gasteiger partial charge is 0.247 e. The first-order valence-corrected chi connectivity index (χ1v) is 8.94. The van der Waals surface area contributed by atoms with E-state index in [1.165, 1.54) is 0 Å². The molecule has 3 atom stereocenters. The highest BCUT2D eigenvalue weighted by Gasteiger charge is 2.29. The third-order valence-electron chi connectivity index (χ3n) is 5.05. The summed E-state index contributed by atoms with van der Waals surface area (Å²) in [5.41, 5.74) is 0. The third-order valence-corrected chi connectivity index (χ3v) is 5.05. The van der Waals surface area contributed by atoms with Gasteiger partial charge < -0.3 is 15.5 Å². The van der Waals surface area contributed by atoms with E-state index in [0.717, 1.165) is 38.8 Å². The molecule has 3 rings (SSSR count). The van der Waals surface area contributed by atoms with Gasteiger partial charge in [0.15, 0.2) is 0 Å². The van der Waals surface area contributed by atoms with Gasteiger partial charge in [-0.2, -0.15) is 5.10 Å². The number of carbonyl (C=O) groups excluding carboxylic acids is 2. The zero-order valence-electron chi connectivity index (χ0n) is 14.3. The Balaban J connectivity index is 1.48. The lowest BCUT2D eigenvalue weighted by Crippen LogP contribution is -2.47. The number of rotatable bonds is 5. The van der Waals surface area contributed by atoms with Crippen molar-refractivity contribution in [2.75, 3.05) is 26.2 Å². The molecule has 2 saturated heterocycles. The van der Waals surface area contributed by atoms with Crippen molar-refractivity contribution >= 4 is 11.8 Å². The van der Waals surface area contributed by atoms with Gasteiger partial charge in [-0.3, -0.25) is 14.3 Å². The van der Waals surface area contributed by atoms with Gasteiger partial charge in [0.2, 0.25) is 11.8 Å². The summed E-state index contributed by atoms with van der Waals surface area (Å²) in [6, 6.07) is 1.51. The van der Waals surface area contributed by atoms with Gasteiger partial charge in [-0.15, -0.1) is 0 Å². The molecule has 0 radical (unpaired) electrons. The highest BCUT2D eigenvalue weighted by molar-refractivity contribution is 5.82. The molecule has 0 aromatic carbocycles. The molecule has 2 amide bonds. The van der Waals surface area contributed by atoms with Gasteiger partial charge >= 0.3 is 0 Å². The van der Waals surface area contributed by atoms with E-state index < -0.39 is 0 Å². The van der Waals surface area contributed by atoms with E-state index in [4.69, 9.17) is 0 Å². The van der Waals surface area contributed by atoms with E-state index in [-0.39, 0.29) is 23.9 Å². The van der Waals surface area contributed by atoms with Crippen molar-refractivity contribution in [3.8, 4) is 0 Å². The molecular weight excluding hydrogens is 306 g/mol. The minimum atomic E-state index is -0.281. The molecule has 2 N–H and O–H groups in total. The normalized spacial score (nSPS) is 25.5. The van der Waals surface area contributed by atoms with Gasteiger partial charge in [0.1, 0.15) is 6.04 Å². The number of nitrogens with one attached hydrogen (secondary N) is 2. The molecule has 0 saturated carbocycles. The first kappa shape index (κ1) is 17.0. The second-order valence-corrected chi connectivity index (χ2v) is 6.85. The molecule has 2 aliphatic rings. The number of nitrogens with zero attached hydrogens (tertiary/aromatic N) is 3. The van der Waals surface area contributed by atoms with Gasteiger partial charge in [0.25, 0.3) is 0 Å². The van der Waals surface area contributed by atoms with Crippen LogP contribution in [0.15, 0.2) is 18.5 Å². The molecule has 3 heterocycles. The van der Waals surface area contributed by atoms with E-state index >= 15 is 0 Å². The Labute approximate surface area is 142 Å². The number of hydrogen-bond donors (Lipinski definition) is 2. The lowest BCUT2D eigenvalue weighted by Gasteiger charge is -2.34. The number of aromatic nitrogens is 2. The van der Waals surface area contributed by atoms with Crippen LogP contribution in [0.5, 0.6) is 0 Å². The Morgan fingerprint density at radius 3 is 2.96 bits per heavy atom. The maximum atomic E-state index is 12.7. The van der Waals surface area contributed by atoms with Crippen molar-refractivity contribution in [2.24, 2.45) is 5.92 Å². The number of likely N-dealkylation sites (tertiary alicyclic amines) is 1. The summed E-state index contributed by atoms with van der Waals surface area (Å²) in [7, 11) is 0. The molecule has 2 aliphatic heterocycles. The third kappa shape index (κ3) is 3.95. The topological polar surface area (TPSA) is 79.3 Å². The SMILES string of the molecule is CC(C(=O)N1CCCC(CNC(=O)C2CCCN2)C1)n1cccn1. The second-order valence-electron chi connectivity index (χ2n) is 6.85. The van der Waals surface area contributed by atoms with Gasteiger partial charge in [0.05, 0.1) is 6.04 Å². The molecule has 2 fully saturated rings. The molecule has 0 bridgehead atoms. The molecule has 7 nitrogen and oxygen atoms in total. The lowest BCUT2D eigenvalue weighted by atomic mass is 9.97. The molecule has 24 heavy (non-hydrogen) atoms. The predicted molar refractivity (Wildman–Crippen MR) is 90.3 cm³/mol. The average molecular weight is 333 g/mol. The van der Waals surface area contributed by atoms with E-state index in [1.807, 2.05) is 24.1 Å². The monoisotopic (exact) mass is 333 g/mol.